The van der Waals surface area contributed by atoms with E-state index in [9.17, 15) is 4.79 Å². The third-order valence-electron chi connectivity index (χ3n) is 0.904. The van der Waals surface area contributed by atoms with Crippen LogP contribution in [-0.2, 0) is 0 Å². The first kappa shape index (κ1) is 6.47. The van der Waals surface area contributed by atoms with Crippen molar-refractivity contribution in [2.24, 2.45) is 0 Å². The van der Waals surface area contributed by atoms with Gasteiger partial charge in [-0.25, -0.2) is 4.79 Å². The molecule has 1 heterocycles. The van der Waals surface area contributed by atoms with Gasteiger partial charge in [-0.15, -0.1) is 0 Å². The van der Waals surface area contributed by atoms with E-state index in [-0.39, 0.29) is 0 Å². The van der Waals surface area contributed by atoms with Crippen LogP contribution in [-0.4, -0.2) is 21.3 Å². The van der Waals surface area contributed by atoms with E-state index < -0.39 is 23.4 Å². The molecule has 1 rings (SSSR count). The van der Waals surface area contributed by atoms with Gasteiger partial charge in [0.05, 0.1) is 0 Å². The lowest BCUT2D eigenvalue weighted by molar-refractivity contribution is 0.0656. The highest BCUT2D eigenvalue weighted by molar-refractivity contribution is 5.85. The fourth-order valence-electron chi connectivity index (χ4n) is 0.477. The Morgan fingerprint density at radius 3 is 2.30 bits per heavy atom. The van der Waals surface area contributed by atoms with Crippen LogP contribution < -0.4 is 0 Å². The molecule has 0 atom stereocenters. The number of furan rings is 1. The van der Waals surface area contributed by atoms with Crippen molar-refractivity contribution >= 4 is 5.97 Å². The van der Waals surface area contributed by atoms with Gasteiger partial charge < -0.3 is 19.7 Å². The molecule has 0 aliphatic heterocycles. The van der Waals surface area contributed by atoms with Crippen molar-refractivity contribution in [3.8, 4) is 11.7 Å². The summed E-state index contributed by atoms with van der Waals surface area (Å²) in [5.74, 6) is -3.18. The Morgan fingerprint density at radius 2 is 2.10 bits per heavy atom. The largest absolute Gasteiger partial charge is 0.502 e. The Morgan fingerprint density at radius 1 is 1.50 bits per heavy atom. The first-order valence-electron chi connectivity index (χ1n) is 2.36. The molecule has 0 aromatic carbocycles. The molecule has 0 aliphatic carbocycles. The Balaban J connectivity index is 3.10. The van der Waals surface area contributed by atoms with Gasteiger partial charge in [-0.3, -0.25) is 0 Å². The smallest absolute Gasteiger partial charge is 0.372 e. The van der Waals surface area contributed by atoms with Gasteiger partial charge in [0.25, 0.3) is 0 Å². The van der Waals surface area contributed by atoms with Gasteiger partial charge >= 0.3 is 11.9 Å². The average Bonchev–Trinajstić information content (AvgIpc) is 2.13. The van der Waals surface area contributed by atoms with E-state index in [1.165, 1.54) is 0 Å². The van der Waals surface area contributed by atoms with Crippen LogP contribution in [0.2, 0.25) is 0 Å². The minimum absolute atomic E-state index is 0.491. The third kappa shape index (κ3) is 0.883. The molecule has 0 unspecified atom stereocenters. The van der Waals surface area contributed by atoms with Crippen molar-refractivity contribution in [2.45, 2.75) is 0 Å². The van der Waals surface area contributed by atoms with Crippen molar-refractivity contribution in [1.82, 2.24) is 0 Å². The van der Waals surface area contributed by atoms with Crippen LogP contribution in [0, 0.1) is 0 Å². The first-order chi connectivity index (χ1) is 4.61. The molecule has 0 radical (unpaired) electrons. The number of hydrogen-bond donors (Lipinski definition) is 3. The normalized spacial score (nSPS) is 9.60. The molecule has 1 aromatic heterocycles. The van der Waals surface area contributed by atoms with Gasteiger partial charge in [0, 0.05) is 6.07 Å². The molecule has 1 aromatic rings. The maximum absolute atomic E-state index is 10.1. The fraction of sp³-hybridized carbons (Fsp3) is 0. The Kier molecular flexibility index (Phi) is 1.26. The van der Waals surface area contributed by atoms with E-state index in [0.29, 0.717) is 0 Å². The van der Waals surface area contributed by atoms with Crippen LogP contribution in [0.15, 0.2) is 10.5 Å². The van der Waals surface area contributed by atoms with E-state index in [1.807, 2.05) is 0 Å². The van der Waals surface area contributed by atoms with E-state index in [4.69, 9.17) is 15.3 Å². The van der Waals surface area contributed by atoms with E-state index in [0.717, 1.165) is 6.07 Å². The first-order valence-corrected chi connectivity index (χ1v) is 2.36. The lowest BCUT2D eigenvalue weighted by atomic mass is 10.4. The summed E-state index contributed by atoms with van der Waals surface area (Å²) in [4.78, 5) is 10.1. The van der Waals surface area contributed by atoms with Crippen LogP contribution in [0.3, 0.4) is 0 Å². The summed E-state index contributed by atoms with van der Waals surface area (Å²) in [7, 11) is 0. The lowest BCUT2D eigenvalue weighted by Crippen LogP contribution is -1.91. The monoisotopic (exact) mass is 144 g/mol. The number of aromatic carboxylic acids is 1. The van der Waals surface area contributed by atoms with Crippen molar-refractivity contribution in [3.05, 3.63) is 11.8 Å². The molecule has 3 N–H and O–H groups in total. The Bertz CT molecular complexity index is 242. The molecule has 0 saturated carbocycles. The summed E-state index contributed by atoms with van der Waals surface area (Å²) >= 11 is 0. The second-order valence-corrected chi connectivity index (χ2v) is 1.61. The minimum Gasteiger partial charge on any atom is -0.502 e. The second kappa shape index (κ2) is 1.94. The molecular formula is C5H4O5. The SMILES string of the molecule is O=C(O)c1cc(O)c(O)o1. The lowest BCUT2D eigenvalue weighted by Gasteiger charge is -1.81. The summed E-state index contributed by atoms with van der Waals surface area (Å²) in [5.41, 5.74) is 0. The average molecular weight is 144 g/mol. The second-order valence-electron chi connectivity index (χ2n) is 1.61. The summed E-state index contributed by atoms with van der Waals surface area (Å²) < 4.78 is 4.18. The molecule has 5 heteroatoms. The highest BCUT2D eigenvalue weighted by Gasteiger charge is 2.13. The molecule has 10 heavy (non-hydrogen) atoms. The van der Waals surface area contributed by atoms with Crippen molar-refractivity contribution in [3.63, 3.8) is 0 Å². The third-order valence-corrected chi connectivity index (χ3v) is 0.904. The van der Waals surface area contributed by atoms with Gasteiger partial charge in [0.15, 0.2) is 0 Å². The van der Waals surface area contributed by atoms with E-state index in [2.05, 4.69) is 4.42 Å². The molecular weight excluding hydrogens is 140 g/mol. The molecule has 54 valence electrons. The van der Waals surface area contributed by atoms with Crippen LogP contribution in [0.5, 0.6) is 11.7 Å². The molecule has 5 nitrogen and oxygen atoms in total. The van der Waals surface area contributed by atoms with Gasteiger partial charge in [-0.1, -0.05) is 0 Å². The van der Waals surface area contributed by atoms with Crippen LogP contribution >= 0.6 is 0 Å². The summed E-state index contributed by atoms with van der Waals surface area (Å²) in [6.07, 6.45) is 0. The van der Waals surface area contributed by atoms with Crippen molar-refractivity contribution in [1.29, 1.82) is 0 Å². The van der Waals surface area contributed by atoms with Crippen molar-refractivity contribution < 1.29 is 24.5 Å². The van der Waals surface area contributed by atoms with Crippen LogP contribution in [0.4, 0.5) is 0 Å². The zero-order valence-corrected chi connectivity index (χ0v) is 4.74. The zero-order valence-electron chi connectivity index (χ0n) is 4.74. The van der Waals surface area contributed by atoms with Gasteiger partial charge in [0.2, 0.25) is 11.5 Å². The molecule has 0 amide bonds. The molecule has 0 bridgehead atoms. The number of carboxylic acids is 1. The highest BCUT2D eigenvalue weighted by Crippen LogP contribution is 2.27. The van der Waals surface area contributed by atoms with Crippen LogP contribution in [0.1, 0.15) is 10.6 Å². The minimum atomic E-state index is -1.34. The quantitative estimate of drug-likeness (QED) is 0.530. The van der Waals surface area contributed by atoms with Crippen molar-refractivity contribution in [2.75, 3.05) is 0 Å². The summed E-state index contributed by atoms with van der Waals surface area (Å²) in [5, 5.41) is 25.3. The number of hydrogen-bond acceptors (Lipinski definition) is 4. The molecule has 0 fully saturated rings. The maximum atomic E-state index is 10.1. The molecule has 0 aliphatic rings. The van der Waals surface area contributed by atoms with Gasteiger partial charge in [0.1, 0.15) is 0 Å². The highest BCUT2D eigenvalue weighted by atomic mass is 16.5. The topological polar surface area (TPSA) is 90.9 Å². The maximum Gasteiger partial charge on any atom is 0.372 e. The molecule has 0 spiro atoms. The zero-order chi connectivity index (χ0) is 7.72. The standard InChI is InChI=1S/C5H4O5/c6-2-1-3(4(7)8)10-5(2)9/h1,6,9H,(H,7,8). The predicted octanol–water partition coefficient (Wildman–Crippen LogP) is 0.389. The number of carboxylic acid groups (broad SMARTS) is 1. The number of carbonyl (C=O) groups is 1. The number of aromatic hydroxyl groups is 2. The van der Waals surface area contributed by atoms with Gasteiger partial charge in [-0.2, -0.15) is 0 Å². The van der Waals surface area contributed by atoms with E-state index in [1.54, 1.807) is 0 Å². The van der Waals surface area contributed by atoms with Crippen LogP contribution in [0.25, 0.3) is 0 Å². The Labute approximate surface area is 55.1 Å². The van der Waals surface area contributed by atoms with E-state index >= 15 is 0 Å². The predicted molar refractivity (Wildman–Crippen MR) is 29.0 cm³/mol. The number of rotatable bonds is 1. The fourth-order valence-corrected chi connectivity index (χ4v) is 0.477. The Hall–Kier alpha value is -1.65. The summed E-state index contributed by atoms with van der Waals surface area (Å²) in [6, 6.07) is 0.817. The summed E-state index contributed by atoms with van der Waals surface area (Å²) in [6.45, 7) is 0. The molecule has 0 saturated heterocycles. The van der Waals surface area contributed by atoms with Gasteiger partial charge in [-0.05, 0) is 0 Å².